The molecule has 0 aliphatic heterocycles. The van der Waals surface area contributed by atoms with Gasteiger partial charge in [0.1, 0.15) is 11.6 Å². The van der Waals surface area contributed by atoms with Crippen molar-refractivity contribution in [1.82, 2.24) is 9.55 Å². The molecule has 0 atom stereocenters. The third-order valence-corrected chi connectivity index (χ3v) is 5.68. The van der Waals surface area contributed by atoms with Crippen molar-refractivity contribution >= 4 is 38.6 Å². The SMILES string of the molecule is Fc1cc2c(cc1Br)nc(CCl)n2CC(C1CC1)C1CC1. The van der Waals surface area contributed by atoms with Gasteiger partial charge in [0.15, 0.2) is 0 Å². The predicted octanol–water partition coefficient (Wildman–Crippen LogP) is 5.11. The van der Waals surface area contributed by atoms with Crippen LogP contribution in [-0.2, 0) is 12.4 Å². The van der Waals surface area contributed by atoms with E-state index in [1.807, 2.05) is 0 Å². The Hall–Kier alpha value is -0.610. The summed E-state index contributed by atoms with van der Waals surface area (Å²) in [6.45, 7) is 0.939. The van der Waals surface area contributed by atoms with Crippen LogP contribution < -0.4 is 0 Å². The number of halogens is 3. The van der Waals surface area contributed by atoms with Crippen LogP contribution >= 0.6 is 27.5 Å². The van der Waals surface area contributed by atoms with Crippen LogP contribution in [0.3, 0.4) is 0 Å². The topological polar surface area (TPSA) is 17.8 Å². The molecule has 0 unspecified atom stereocenters. The molecule has 0 bridgehead atoms. The van der Waals surface area contributed by atoms with E-state index in [0.29, 0.717) is 10.4 Å². The largest absolute Gasteiger partial charge is 0.327 e. The highest BCUT2D eigenvalue weighted by atomic mass is 79.9. The highest BCUT2D eigenvalue weighted by molar-refractivity contribution is 9.10. The summed E-state index contributed by atoms with van der Waals surface area (Å²) in [5.41, 5.74) is 1.70. The Bertz CT molecular complexity index is 679. The highest BCUT2D eigenvalue weighted by Crippen LogP contribution is 2.50. The van der Waals surface area contributed by atoms with Gasteiger partial charge in [-0.2, -0.15) is 0 Å². The lowest BCUT2D eigenvalue weighted by Crippen LogP contribution is -2.16. The number of alkyl halides is 1. The summed E-state index contributed by atoms with van der Waals surface area (Å²) >= 11 is 9.30. The van der Waals surface area contributed by atoms with Crippen LogP contribution in [0.2, 0.25) is 0 Å². The van der Waals surface area contributed by atoms with Gasteiger partial charge < -0.3 is 4.57 Å². The Morgan fingerprint density at radius 2 is 1.95 bits per heavy atom. The summed E-state index contributed by atoms with van der Waals surface area (Å²) < 4.78 is 16.5. The van der Waals surface area contributed by atoms with E-state index in [9.17, 15) is 4.39 Å². The average Bonchev–Trinajstić information content (AvgIpc) is 3.35. The Labute approximate surface area is 136 Å². The summed E-state index contributed by atoms with van der Waals surface area (Å²) in [6.07, 6.45) is 5.40. The van der Waals surface area contributed by atoms with E-state index in [1.165, 1.54) is 25.7 Å². The van der Waals surface area contributed by atoms with Crippen LogP contribution in [0.1, 0.15) is 31.5 Å². The zero-order valence-electron chi connectivity index (χ0n) is 11.7. The summed E-state index contributed by atoms with van der Waals surface area (Å²) in [5.74, 6) is 3.43. The Kier molecular flexibility index (Phi) is 3.49. The predicted molar refractivity (Wildman–Crippen MR) is 85.9 cm³/mol. The molecule has 0 N–H and O–H groups in total. The second-order valence-corrected chi connectivity index (χ2v) is 7.49. The Morgan fingerprint density at radius 3 is 2.52 bits per heavy atom. The van der Waals surface area contributed by atoms with Gasteiger partial charge >= 0.3 is 0 Å². The first-order chi connectivity index (χ1) is 10.2. The van der Waals surface area contributed by atoms with E-state index in [0.717, 1.165) is 41.2 Å². The highest BCUT2D eigenvalue weighted by Gasteiger charge is 2.41. The van der Waals surface area contributed by atoms with E-state index in [4.69, 9.17) is 11.6 Å². The maximum absolute atomic E-state index is 13.9. The molecule has 2 nitrogen and oxygen atoms in total. The van der Waals surface area contributed by atoms with Crippen molar-refractivity contribution < 1.29 is 4.39 Å². The molecule has 0 amide bonds. The number of fused-ring (bicyclic) bond motifs is 1. The van der Waals surface area contributed by atoms with Crippen molar-refractivity contribution in [3.8, 4) is 0 Å². The first-order valence-corrected chi connectivity index (χ1v) is 8.90. The van der Waals surface area contributed by atoms with Gasteiger partial charge in [-0.15, -0.1) is 11.6 Å². The van der Waals surface area contributed by atoms with Crippen LogP contribution in [0.5, 0.6) is 0 Å². The van der Waals surface area contributed by atoms with Crippen LogP contribution in [-0.4, -0.2) is 9.55 Å². The van der Waals surface area contributed by atoms with Crippen molar-refractivity contribution in [1.29, 1.82) is 0 Å². The number of hydrogen-bond donors (Lipinski definition) is 0. The molecular formula is C16H17BrClFN2. The molecule has 1 aromatic carbocycles. The number of nitrogens with zero attached hydrogens (tertiary/aromatic N) is 2. The van der Waals surface area contributed by atoms with Gasteiger partial charge in [-0.1, -0.05) is 0 Å². The van der Waals surface area contributed by atoms with Crippen molar-refractivity contribution in [2.45, 2.75) is 38.1 Å². The quantitative estimate of drug-likeness (QED) is 0.668. The number of imidazole rings is 1. The number of benzene rings is 1. The van der Waals surface area contributed by atoms with Gasteiger partial charge in [-0.25, -0.2) is 9.37 Å². The van der Waals surface area contributed by atoms with E-state index in [2.05, 4.69) is 25.5 Å². The molecule has 2 aliphatic carbocycles. The molecule has 0 spiro atoms. The monoisotopic (exact) mass is 370 g/mol. The molecule has 112 valence electrons. The molecule has 4 rings (SSSR count). The van der Waals surface area contributed by atoms with E-state index in [-0.39, 0.29) is 5.82 Å². The van der Waals surface area contributed by atoms with Gasteiger partial charge in [-0.3, -0.25) is 0 Å². The zero-order valence-corrected chi connectivity index (χ0v) is 14.0. The number of rotatable bonds is 5. The smallest absolute Gasteiger partial charge is 0.139 e. The van der Waals surface area contributed by atoms with E-state index >= 15 is 0 Å². The van der Waals surface area contributed by atoms with Crippen molar-refractivity contribution in [3.05, 3.63) is 28.2 Å². The molecule has 0 radical (unpaired) electrons. The second-order valence-electron chi connectivity index (χ2n) is 6.37. The lowest BCUT2D eigenvalue weighted by molar-refractivity contribution is 0.349. The standard InChI is InChI=1S/C16H17BrClFN2/c17-12-5-14-15(6-13(12)19)21(16(7-18)20-14)8-11(9-1-2-9)10-3-4-10/h5-6,9-11H,1-4,7-8H2. The molecule has 5 heteroatoms. The number of hydrogen-bond acceptors (Lipinski definition) is 1. The summed E-state index contributed by atoms with van der Waals surface area (Å²) in [5, 5.41) is 0. The minimum absolute atomic E-state index is 0.237. The molecule has 2 aliphatic rings. The fraction of sp³-hybridized carbons (Fsp3) is 0.562. The molecule has 1 aromatic heterocycles. The van der Waals surface area contributed by atoms with Gasteiger partial charge in [-0.05, 0) is 65.4 Å². The van der Waals surface area contributed by atoms with Crippen LogP contribution in [0.25, 0.3) is 11.0 Å². The normalized spacial score (nSPS) is 18.9. The average molecular weight is 372 g/mol. The third-order valence-electron chi connectivity index (χ3n) is 4.84. The van der Waals surface area contributed by atoms with Crippen LogP contribution in [0, 0.1) is 23.6 Å². The van der Waals surface area contributed by atoms with Crippen molar-refractivity contribution in [2.75, 3.05) is 0 Å². The van der Waals surface area contributed by atoms with Gasteiger partial charge in [0.25, 0.3) is 0 Å². The van der Waals surface area contributed by atoms with Crippen molar-refractivity contribution in [3.63, 3.8) is 0 Å². The minimum atomic E-state index is -0.237. The molecule has 0 saturated heterocycles. The van der Waals surface area contributed by atoms with Crippen LogP contribution in [0.4, 0.5) is 4.39 Å². The fourth-order valence-electron chi connectivity index (χ4n) is 3.42. The number of aromatic nitrogens is 2. The summed E-state index contributed by atoms with van der Waals surface area (Å²) in [7, 11) is 0. The molecule has 2 saturated carbocycles. The zero-order chi connectivity index (χ0) is 14.6. The summed E-state index contributed by atoms with van der Waals surface area (Å²) in [6, 6.07) is 3.33. The maximum atomic E-state index is 13.9. The van der Waals surface area contributed by atoms with Gasteiger partial charge in [0, 0.05) is 12.6 Å². The Balaban J connectivity index is 1.76. The molecule has 2 aromatic rings. The molecule has 2 fully saturated rings. The van der Waals surface area contributed by atoms with E-state index in [1.54, 1.807) is 12.1 Å². The first kappa shape index (κ1) is 14.0. The third kappa shape index (κ3) is 2.61. The lowest BCUT2D eigenvalue weighted by Gasteiger charge is -2.18. The van der Waals surface area contributed by atoms with Crippen molar-refractivity contribution in [2.24, 2.45) is 17.8 Å². The molecule has 1 heterocycles. The van der Waals surface area contributed by atoms with Crippen LogP contribution in [0.15, 0.2) is 16.6 Å². The second kappa shape index (κ2) is 5.24. The first-order valence-electron chi connectivity index (χ1n) is 7.57. The maximum Gasteiger partial charge on any atom is 0.139 e. The fourth-order valence-corrected chi connectivity index (χ4v) is 3.95. The minimum Gasteiger partial charge on any atom is -0.327 e. The Morgan fingerprint density at radius 1 is 1.29 bits per heavy atom. The van der Waals surface area contributed by atoms with Gasteiger partial charge in [0.05, 0.1) is 21.4 Å². The summed E-state index contributed by atoms with van der Waals surface area (Å²) in [4.78, 5) is 4.58. The molecule has 21 heavy (non-hydrogen) atoms. The molecular weight excluding hydrogens is 355 g/mol. The van der Waals surface area contributed by atoms with Gasteiger partial charge in [0.2, 0.25) is 0 Å². The lowest BCUT2D eigenvalue weighted by atomic mass is 9.98. The van der Waals surface area contributed by atoms with E-state index < -0.39 is 0 Å².